The van der Waals surface area contributed by atoms with Crippen LogP contribution in [0.25, 0.3) is 0 Å². The summed E-state index contributed by atoms with van der Waals surface area (Å²) in [5, 5.41) is 32.3. The van der Waals surface area contributed by atoms with Crippen LogP contribution >= 0.6 is 0 Å². The average Bonchev–Trinajstić information content (AvgIpc) is 2.91. The SMILES string of the molecule is CC(C)c1c(C(=O)NCc2ccccc2)c2c(n1CC[C@@H](O)C[C@@H](O)CC(=O)O)CCCCC2. The van der Waals surface area contributed by atoms with Gasteiger partial charge in [0.1, 0.15) is 0 Å². The highest BCUT2D eigenvalue weighted by Gasteiger charge is 2.29. The number of hydrogen-bond acceptors (Lipinski definition) is 4. The second-order valence-corrected chi connectivity index (χ2v) is 9.65. The van der Waals surface area contributed by atoms with Gasteiger partial charge in [-0.3, -0.25) is 9.59 Å². The van der Waals surface area contributed by atoms with Crippen LogP contribution < -0.4 is 5.32 Å². The van der Waals surface area contributed by atoms with E-state index < -0.39 is 18.2 Å². The number of carboxylic acid groups (broad SMARTS) is 1. The van der Waals surface area contributed by atoms with Gasteiger partial charge in [0.25, 0.3) is 5.91 Å². The fourth-order valence-corrected chi connectivity index (χ4v) is 5.04. The molecular formula is C27H38N2O5. The molecule has 0 radical (unpaired) electrons. The Morgan fingerprint density at radius 2 is 1.74 bits per heavy atom. The topological polar surface area (TPSA) is 112 Å². The number of carbonyl (C=O) groups excluding carboxylic acids is 1. The summed E-state index contributed by atoms with van der Waals surface area (Å²) in [4.78, 5) is 24.3. The number of aromatic nitrogens is 1. The molecule has 7 nitrogen and oxygen atoms in total. The Bertz CT molecular complexity index is 967. The maximum Gasteiger partial charge on any atom is 0.305 e. The molecular weight excluding hydrogens is 432 g/mol. The minimum absolute atomic E-state index is 0.0250. The van der Waals surface area contributed by atoms with Crippen molar-refractivity contribution in [3.05, 3.63) is 58.4 Å². The number of carboxylic acids is 1. The summed E-state index contributed by atoms with van der Waals surface area (Å²) in [6, 6.07) is 9.87. The fourth-order valence-electron chi connectivity index (χ4n) is 5.04. The molecule has 7 heteroatoms. The van der Waals surface area contributed by atoms with Gasteiger partial charge in [0.15, 0.2) is 0 Å². The highest BCUT2D eigenvalue weighted by Crippen LogP contribution is 2.34. The smallest absolute Gasteiger partial charge is 0.305 e. The highest BCUT2D eigenvalue weighted by molar-refractivity contribution is 5.97. The molecule has 4 N–H and O–H groups in total. The van der Waals surface area contributed by atoms with Crippen LogP contribution in [0.5, 0.6) is 0 Å². The molecule has 0 fully saturated rings. The third kappa shape index (κ3) is 6.70. The van der Waals surface area contributed by atoms with E-state index in [9.17, 15) is 19.8 Å². The van der Waals surface area contributed by atoms with Crippen LogP contribution in [-0.2, 0) is 30.7 Å². The molecule has 0 spiro atoms. The van der Waals surface area contributed by atoms with Crippen molar-refractivity contribution in [1.29, 1.82) is 0 Å². The first-order valence-corrected chi connectivity index (χ1v) is 12.4. The van der Waals surface area contributed by atoms with E-state index in [0.717, 1.165) is 54.5 Å². The molecule has 0 saturated heterocycles. The summed E-state index contributed by atoms with van der Waals surface area (Å²) in [7, 11) is 0. The van der Waals surface area contributed by atoms with E-state index in [2.05, 4.69) is 23.7 Å². The third-order valence-corrected chi connectivity index (χ3v) is 6.57. The van der Waals surface area contributed by atoms with Crippen LogP contribution in [0.3, 0.4) is 0 Å². The van der Waals surface area contributed by atoms with Crippen LogP contribution in [0.1, 0.15) is 91.2 Å². The molecule has 1 heterocycles. The molecule has 0 unspecified atom stereocenters. The van der Waals surface area contributed by atoms with Gasteiger partial charge < -0.3 is 25.2 Å². The molecule has 34 heavy (non-hydrogen) atoms. The number of fused-ring (bicyclic) bond motifs is 1. The molecule has 2 atom stereocenters. The number of nitrogens with zero attached hydrogens (tertiary/aromatic N) is 1. The maximum atomic E-state index is 13.5. The van der Waals surface area contributed by atoms with Gasteiger partial charge in [-0.25, -0.2) is 0 Å². The van der Waals surface area contributed by atoms with Crippen molar-refractivity contribution < 1.29 is 24.9 Å². The summed E-state index contributed by atoms with van der Waals surface area (Å²) in [5.41, 5.74) is 5.14. The van der Waals surface area contributed by atoms with Gasteiger partial charge >= 0.3 is 5.97 Å². The standard InChI is InChI=1S/C27H38N2O5/c1-18(2)26-25(27(34)28-17-19-9-5-3-6-10-19)22-11-7-4-8-12-23(22)29(26)14-13-20(30)15-21(31)16-24(32)33/h3,5-6,9-10,18,20-21,30-31H,4,7-8,11-17H2,1-2H3,(H,28,34)(H,32,33)/t20-,21-/m1/s1. The lowest BCUT2D eigenvalue weighted by Gasteiger charge is -2.20. The number of nitrogens with one attached hydrogen (secondary N) is 1. The Labute approximate surface area is 201 Å². The number of carbonyl (C=O) groups is 2. The second kappa shape index (κ2) is 12.2. The third-order valence-electron chi connectivity index (χ3n) is 6.57. The largest absolute Gasteiger partial charge is 0.481 e. The lowest BCUT2D eigenvalue weighted by atomic mass is 9.98. The predicted octanol–water partition coefficient (Wildman–Crippen LogP) is 3.79. The Morgan fingerprint density at radius 1 is 1.03 bits per heavy atom. The van der Waals surface area contributed by atoms with Crippen molar-refractivity contribution in [3.8, 4) is 0 Å². The number of aliphatic carboxylic acids is 1. The van der Waals surface area contributed by atoms with Crippen LogP contribution in [0, 0.1) is 0 Å². The normalized spacial score (nSPS) is 15.4. The van der Waals surface area contributed by atoms with E-state index >= 15 is 0 Å². The predicted molar refractivity (Wildman–Crippen MR) is 131 cm³/mol. The molecule has 2 aromatic rings. The molecule has 1 amide bonds. The molecule has 1 aromatic heterocycles. The van der Waals surface area contributed by atoms with Gasteiger partial charge in [0.2, 0.25) is 0 Å². The number of benzene rings is 1. The number of aliphatic hydroxyl groups excluding tert-OH is 2. The van der Waals surface area contributed by atoms with Gasteiger partial charge in [-0.15, -0.1) is 0 Å². The number of hydrogen-bond donors (Lipinski definition) is 4. The first-order chi connectivity index (χ1) is 16.3. The summed E-state index contributed by atoms with van der Waals surface area (Å²) in [5.74, 6) is -1.01. The van der Waals surface area contributed by atoms with E-state index in [1.54, 1.807) is 0 Å². The first kappa shape index (κ1) is 26.0. The first-order valence-electron chi connectivity index (χ1n) is 12.4. The lowest BCUT2D eigenvalue weighted by Crippen LogP contribution is -2.25. The maximum absolute atomic E-state index is 13.5. The van der Waals surface area contributed by atoms with Gasteiger partial charge in [-0.05, 0) is 55.6 Å². The summed E-state index contributed by atoms with van der Waals surface area (Å²) >= 11 is 0. The molecule has 1 aromatic carbocycles. The van der Waals surface area contributed by atoms with Gasteiger partial charge in [-0.2, -0.15) is 0 Å². The lowest BCUT2D eigenvalue weighted by molar-refractivity contribution is -0.139. The minimum atomic E-state index is -1.08. The Balaban J connectivity index is 1.84. The highest BCUT2D eigenvalue weighted by atomic mass is 16.4. The number of rotatable bonds is 11. The monoisotopic (exact) mass is 470 g/mol. The van der Waals surface area contributed by atoms with Gasteiger partial charge in [-0.1, -0.05) is 50.6 Å². The molecule has 0 bridgehead atoms. The molecule has 1 aliphatic carbocycles. The molecule has 0 saturated carbocycles. The minimum Gasteiger partial charge on any atom is -0.481 e. The van der Waals surface area contributed by atoms with Crippen molar-refractivity contribution >= 4 is 11.9 Å². The van der Waals surface area contributed by atoms with Crippen molar-refractivity contribution in [2.75, 3.05) is 0 Å². The zero-order valence-corrected chi connectivity index (χ0v) is 20.3. The van der Waals surface area contributed by atoms with Gasteiger partial charge in [0, 0.05) is 24.5 Å². The van der Waals surface area contributed by atoms with E-state index in [0.29, 0.717) is 19.5 Å². The Morgan fingerprint density at radius 3 is 2.41 bits per heavy atom. The van der Waals surface area contributed by atoms with E-state index in [4.69, 9.17) is 5.11 Å². The summed E-state index contributed by atoms with van der Waals surface area (Å²) < 4.78 is 2.22. The van der Waals surface area contributed by atoms with Crippen LogP contribution in [-0.4, -0.2) is 44.0 Å². The Hall–Kier alpha value is -2.64. The van der Waals surface area contributed by atoms with Crippen LogP contribution in [0.2, 0.25) is 0 Å². The Kier molecular flexibility index (Phi) is 9.30. The van der Waals surface area contributed by atoms with Crippen molar-refractivity contribution in [3.63, 3.8) is 0 Å². The number of aliphatic hydroxyl groups is 2. The van der Waals surface area contributed by atoms with E-state index in [1.165, 1.54) is 5.69 Å². The number of amides is 1. The van der Waals surface area contributed by atoms with Crippen LogP contribution in [0.4, 0.5) is 0 Å². The summed E-state index contributed by atoms with van der Waals surface area (Å²) in [6.07, 6.45) is 3.18. The molecule has 186 valence electrons. The quantitative estimate of drug-likeness (QED) is 0.374. The van der Waals surface area contributed by atoms with Crippen molar-refractivity contribution in [2.45, 2.75) is 96.4 Å². The zero-order valence-electron chi connectivity index (χ0n) is 20.3. The van der Waals surface area contributed by atoms with Crippen molar-refractivity contribution in [1.82, 2.24) is 9.88 Å². The fraction of sp³-hybridized carbons (Fsp3) is 0.556. The molecule has 3 rings (SSSR count). The van der Waals surface area contributed by atoms with E-state index in [-0.39, 0.29) is 24.7 Å². The van der Waals surface area contributed by atoms with Gasteiger partial charge in [0.05, 0.1) is 24.2 Å². The average molecular weight is 471 g/mol. The van der Waals surface area contributed by atoms with E-state index in [1.807, 2.05) is 30.3 Å². The van der Waals surface area contributed by atoms with Crippen LogP contribution in [0.15, 0.2) is 30.3 Å². The zero-order chi connectivity index (χ0) is 24.7. The molecule has 0 aliphatic heterocycles. The van der Waals surface area contributed by atoms with Crippen molar-refractivity contribution in [2.24, 2.45) is 0 Å². The second-order valence-electron chi connectivity index (χ2n) is 9.65. The molecule has 1 aliphatic rings. The summed E-state index contributed by atoms with van der Waals surface area (Å²) in [6.45, 7) is 5.18.